The Hall–Kier alpha value is -5.41. The summed E-state index contributed by atoms with van der Waals surface area (Å²) in [5.74, 6) is 0. The first kappa shape index (κ1) is 23.5. The fraction of sp³-hybridized carbons (Fsp3) is 0.0263. The lowest BCUT2D eigenvalue weighted by Crippen LogP contribution is -1.97. The Labute approximate surface area is 238 Å². The van der Waals surface area contributed by atoms with Crippen LogP contribution in [0.4, 0.5) is 0 Å². The number of pyridine rings is 1. The van der Waals surface area contributed by atoms with Gasteiger partial charge in [0.1, 0.15) is 5.65 Å². The van der Waals surface area contributed by atoms with Gasteiger partial charge in [-0.2, -0.15) is 0 Å². The topological polar surface area (TPSA) is 22.2 Å². The molecule has 194 valence electrons. The van der Waals surface area contributed by atoms with Gasteiger partial charge in [-0.3, -0.25) is 4.40 Å². The number of para-hydroxylation sites is 2. The molecule has 5 aromatic carbocycles. The predicted molar refractivity (Wildman–Crippen MR) is 171 cm³/mol. The van der Waals surface area contributed by atoms with Crippen molar-refractivity contribution in [2.24, 2.45) is 0 Å². The summed E-state index contributed by atoms with van der Waals surface area (Å²) < 4.78 is 4.60. The fourth-order valence-electron chi connectivity index (χ4n) is 6.16. The maximum absolute atomic E-state index is 5.15. The van der Waals surface area contributed by atoms with Gasteiger partial charge in [0.25, 0.3) is 0 Å². The number of rotatable bonds is 4. The van der Waals surface area contributed by atoms with E-state index in [4.69, 9.17) is 4.98 Å². The molecule has 0 N–H and O–H groups in total. The molecule has 41 heavy (non-hydrogen) atoms. The van der Waals surface area contributed by atoms with Gasteiger partial charge in [0, 0.05) is 33.8 Å². The Morgan fingerprint density at radius 1 is 0.512 bits per heavy atom. The highest BCUT2D eigenvalue weighted by Crippen LogP contribution is 2.36. The van der Waals surface area contributed by atoms with E-state index >= 15 is 0 Å². The zero-order chi connectivity index (χ0) is 27.3. The number of hydrogen-bond acceptors (Lipinski definition) is 1. The molecule has 0 atom stereocenters. The highest BCUT2D eigenvalue weighted by atomic mass is 15.0. The van der Waals surface area contributed by atoms with Crippen LogP contribution in [-0.2, 0) is 0 Å². The van der Waals surface area contributed by atoms with E-state index in [-0.39, 0.29) is 0 Å². The van der Waals surface area contributed by atoms with Crippen molar-refractivity contribution in [3.63, 3.8) is 0 Å². The molecule has 0 amide bonds. The maximum Gasteiger partial charge on any atom is 0.138 e. The van der Waals surface area contributed by atoms with Crippen molar-refractivity contribution in [2.45, 2.75) is 6.92 Å². The smallest absolute Gasteiger partial charge is 0.138 e. The Morgan fingerprint density at radius 3 is 1.76 bits per heavy atom. The summed E-state index contributed by atoms with van der Waals surface area (Å²) in [5, 5.41) is 2.56. The van der Waals surface area contributed by atoms with Crippen molar-refractivity contribution in [1.29, 1.82) is 0 Å². The molecule has 0 bridgehead atoms. The van der Waals surface area contributed by atoms with Gasteiger partial charge in [-0.15, -0.1) is 0 Å². The fourth-order valence-corrected chi connectivity index (χ4v) is 6.16. The molecule has 3 nitrogen and oxygen atoms in total. The average molecular weight is 526 g/mol. The molecule has 3 aromatic heterocycles. The van der Waals surface area contributed by atoms with Crippen LogP contribution in [0.5, 0.6) is 0 Å². The van der Waals surface area contributed by atoms with Crippen LogP contribution >= 0.6 is 0 Å². The van der Waals surface area contributed by atoms with E-state index in [1.807, 2.05) is 6.07 Å². The van der Waals surface area contributed by atoms with E-state index in [1.54, 1.807) is 0 Å². The summed E-state index contributed by atoms with van der Waals surface area (Å²) in [6.07, 6.45) is 2.16. The molecule has 0 saturated heterocycles. The van der Waals surface area contributed by atoms with Crippen LogP contribution in [0.1, 0.15) is 5.56 Å². The lowest BCUT2D eigenvalue weighted by Gasteiger charge is -2.13. The lowest BCUT2D eigenvalue weighted by atomic mass is 10.0. The van der Waals surface area contributed by atoms with E-state index in [1.165, 1.54) is 38.6 Å². The number of aryl methyl sites for hydroxylation is 1. The van der Waals surface area contributed by atoms with E-state index in [9.17, 15) is 0 Å². The van der Waals surface area contributed by atoms with E-state index in [0.717, 1.165) is 33.7 Å². The minimum absolute atomic E-state index is 0.935. The van der Waals surface area contributed by atoms with Crippen LogP contribution in [-0.4, -0.2) is 14.0 Å². The van der Waals surface area contributed by atoms with Crippen LogP contribution in [0.2, 0.25) is 0 Å². The van der Waals surface area contributed by atoms with Crippen molar-refractivity contribution in [3.05, 3.63) is 151 Å². The largest absolute Gasteiger partial charge is 0.309 e. The molecule has 0 aliphatic rings. The number of imidazole rings is 1. The third-order valence-electron chi connectivity index (χ3n) is 8.07. The molecule has 0 spiro atoms. The van der Waals surface area contributed by atoms with E-state index < -0.39 is 0 Å². The van der Waals surface area contributed by atoms with Crippen LogP contribution < -0.4 is 0 Å². The van der Waals surface area contributed by atoms with Crippen LogP contribution in [0.15, 0.2) is 146 Å². The van der Waals surface area contributed by atoms with Crippen molar-refractivity contribution < 1.29 is 0 Å². The number of fused-ring (bicyclic) bond motifs is 4. The van der Waals surface area contributed by atoms with Crippen LogP contribution in [0.3, 0.4) is 0 Å². The zero-order valence-corrected chi connectivity index (χ0v) is 22.7. The minimum Gasteiger partial charge on any atom is -0.309 e. The SMILES string of the molecule is Cc1cc(-c2ccn3c(-c4ccccc4)c(-c4ccccc4)nc3c2)ccc1-n1c2ccccc2c2ccccc21. The van der Waals surface area contributed by atoms with E-state index in [2.05, 4.69) is 156 Å². The van der Waals surface area contributed by atoms with Gasteiger partial charge < -0.3 is 4.57 Å². The third-order valence-corrected chi connectivity index (χ3v) is 8.07. The number of nitrogens with zero attached hydrogens (tertiary/aromatic N) is 3. The Kier molecular flexibility index (Phi) is 5.36. The predicted octanol–water partition coefficient (Wildman–Crippen LogP) is 9.74. The first-order valence-electron chi connectivity index (χ1n) is 14.0. The minimum atomic E-state index is 0.935. The molecule has 0 saturated carbocycles. The Morgan fingerprint density at radius 2 is 1.10 bits per heavy atom. The van der Waals surface area contributed by atoms with Crippen LogP contribution in [0.25, 0.3) is 66.8 Å². The van der Waals surface area contributed by atoms with E-state index in [0.29, 0.717) is 0 Å². The molecule has 0 unspecified atom stereocenters. The quantitative estimate of drug-likeness (QED) is 0.224. The summed E-state index contributed by atoms with van der Waals surface area (Å²) in [5.41, 5.74) is 12.5. The lowest BCUT2D eigenvalue weighted by molar-refractivity contribution is 1.15. The highest BCUT2D eigenvalue weighted by Gasteiger charge is 2.17. The second-order valence-corrected chi connectivity index (χ2v) is 10.6. The summed E-state index contributed by atoms with van der Waals surface area (Å²) >= 11 is 0. The number of aromatic nitrogens is 3. The first-order valence-corrected chi connectivity index (χ1v) is 14.0. The van der Waals surface area contributed by atoms with Crippen molar-refractivity contribution >= 4 is 27.5 Å². The molecule has 0 aliphatic heterocycles. The molecule has 0 aliphatic carbocycles. The zero-order valence-electron chi connectivity index (χ0n) is 22.7. The van der Waals surface area contributed by atoms with Gasteiger partial charge in [-0.05, 0) is 60.0 Å². The molecule has 8 rings (SSSR count). The van der Waals surface area contributed by atoms with Gasteiger partial charge >= 0.3 is 0 Å². The molecular formula is C38H27N3. The first-order chi connectivity index (χ1) is 20.3. The summed E-state index contributed by atoms with van der Waals surface area (Å²) in [6.45, 7) is 2.21. The number of benzene rings is 5. The normalized spacial score (nSPS) is 11.5. The second-order valence-electron chi connectivity index (χ2n) is 10.6. The average Bonchev–Trinajstić information content (AvgIpc) is 3.58. The van der Waals surface area contributed by atoms with Gasteiger partial charge in [0.05, 0.1) is 22.4 Å². The summed E-state index contributed by atoms with van der Waals surface area (Å²) in [4.78, 5) is 5.15. The molecular weight excluding hydrogens is 498 g/mol. The Bertz CT molecular complexity index is 2150. The highest BCUT2D eigenvalue weighted by molar-refractivity contribution is 6.09. The standard InChI is InChI=1S/C38H27N3/c1-26-24-29(20-21-33(26)41-34-18-10-8-16-31(34)32-17-9-11-19-35(32)41)30-22-23-40-36(25-30)39-37(27-12-4-2-5-13-27)38(40)28-14-6-3-7-15-28/h2-25H,1H3. The third kappa shape index (κ3) is 3.78. The van der Waals surface area contributed by atoms with Crippen molar-refractivity contribution in [2.75, 3.05) is 0 Å². The summed E-state index contributed by atoms with van der Waals surface area (Å²) in [6, 6.07) is 49.5. The molecule has 0 radical (unpaired) electrons. The van der Waals surface area contributed by atoms with Crippen molar-refractivity contribution in [1.82, 2.24) is 14.0 Å². The van der Waals surface area contributed by atoms with Gasteiger partial charge in [-0.1, -0.05) is 103 Å². The molecule has 8 aromatic rings. The maximum atomic E-state index is 5.15. The van der Waals surface area contributed by atoms with Crippen LogP contribution in [0, 0.1) is 6.92 Å². The summed E-state index contributed by atoms with van der Waals surface area (Å²) in [7, 11) is 0. The molecule has 0 fully saturated rings. The van der Waals surface area contributed by atoms with Crippen molar-refractivity contribution in [3.8, 4) is 39.3 Å². The van der Waals surface area contributed by atoms with Gasteiger partial charge in [0.15, 0.2) is 0 Å². The van der Waals surface area contributed by atoms with Gasteiger partial charge in [0.2, 0.25) is 0 Å². The molecule has 3 heteroatoms. The van der Waals surface area contributed by atoms with Gasteiger partial charge in [-0.25, -0.2) is 4.98 Å². The Balaban J connectivity index is 1.27. The second kappa shape index (κ2) is 9.35. The monoisotopic (exact) mass is 525 g/mol. The number of hydrogen-bond donors (Lipinski definition) is 0. The molecule has 3 heterocycles.